The number of anilines is 2. The second-order valence-corrected chi connectivity index (χ2v) is 8.44. The molecule has 1 amide bonds. The Balaban J connectivity index is 1.18. The van der Waals surface area contributed by atoms with Gasteiger partial charge in [-0.3, -0.25) is 4.79 Å². The van der Waals surface area contributed by atoms with E-state index in [0.29, 0.717) is 45.0 Å². The quantitative estimate of drug-likeness (QED) is 0.626. The lowest BCUT2D eigenvalue weighted by molar-refractivity contribution is -0.136. The fourth-order valence-electron chi connectivity index (χ4n) is 4.44. The van der Waals surface area contributed by atoms with E-state index in [0.717, 1.165) is 23.0 Å². The molecule has 2 fully saturated rings. The van der Waals surface area contributed by atoms with Crippen molar-refractivity contribution in [1.82, 2.24) is 24.6 Å². The molecule has 0 spiro atoms. The van der Waals surface area contributed by atoms with Crippen LogP contribution in [0, 0.1) is 25.6 Å². The van der Waals surface area contributed by atoms with Crippen molar-refractivity contribution in [1.29, 1.82) is 0 Å². The number of piperazine rings is 1. The van der Waals surface area contributed by atoms with Gasteiger partial charge in [-0.15, -0.1) is 0 Å². The first kappa shape index (κ1) is 20.4. The number of carbonyl (C=O) groups excluding carboxylic acids is 1. The molecule has 2 aliphatic rings. The highest BCUT2D eigenvalue weighted by Crippen LogP contribution is 2.27. The van der Waals surface area contributed by atoms with Crippen LogP contribution in [0.4, 0.5) is 15.9 Å². The minimum atomic E-state index is -0.216. The van der Waals surface area contributed by atoms with Gasteiger partial charge in [0.15, 0.2) is 5.82 Å². The SMILES string of the molecule is Cc1cc(C)n(-c2cc(N3CC(C(=O)N4CCN(c5ccccc5F)CC4)C3)ncn2)n1. The molecule has 0 atom stereocenters. The third-order valence-electron chi connectivity index (χ3n) is 6.20. The number of aromatic nitrogens is 4. The second kappa shape index (κ2) is 8.22. The van der Waals surface area contributed by atoms with E-state index in [2.05, 4.69) is 20.0 Å². The van der Waals surface area contributed by atoms with Gasteiger partial charge in [-0.1, -0.05) is 12.1 Å². The van der Waals surface area contributed by atoms with Crippen molar-refractivity contribution in [3.05, 3.63) is 59.9 Å². The van der Waals surface area contributed by atoms with Gasteiger partial charge < -0.3 is 14.7 Å². The summed E-state index contributed by atoms with van der Waals surface area (Å²) in [6.07, 6.45) is 1.54. The Labute approximate surface area is 186 Å². The summed E-state index contributed by atoms with van der Waals surface area (Å²) in [7, 11) is 0. The van der Waals surface area contributed by atoms with E-state index in [1.54, 1.807) is 16.8 Å². The van der Waals surface area contributed by atoms with E-state index >= 15 is 0 Å². The fraction of sp³-hybridized carbons (Fsp3) is 0.391. The Hall–Kier alpha value is -3.49. The molecule has 9 heteroatoms. The van der Waals surface area contributed by atoms with Gasteiger partial charge in [-0.25, -0.2) is 19.0 Å². The Morgan fingerprint density at radius 2 is 1.69 bits per heavy atom. The topological polar surface area (TPSA) is 70.4 Å². The Morgan fingerprint density at radius 3 is 2.38 bits per heavy atom. The third kappa shape index (κ3) is 3.79. The number of benzene rings is 1. The molecule has 0 N–H and O–H groups in total. The zero-order valence-corrected chi connectivity index (χ0v) is 18.3. The summed E-state index contributed by atoms with van der Waals surface area (Å²) in [5, 5.41) is 4.48. The first-order chi connectivity index (χ1) is 15.5. The highest BCUT2D eigenvalue weighted by molar-refractivity contribution is 5.82. The van der Waals surface area contributed by atoms with Gasteiger partial charge in [0.25, 0.3) is 0 Å². The first-order valence-corrected chi connectivity index (χ1v) is 10.9. The van der Waals surface area contributed by atoms with E-state index in [1.165, 1.54) is 12.4 Å². The summed E-state index contributed by atoms with van der Waals surface area (Å²) in [6, 6.07) is 10.7. The molecule has 5 rings (SSSR count). The van der Waals surface area contributed by atoms with E-state index in [4.69, 9.17) is 0 Å². The maximum absolute atomic E-state index is 14.0. The van der Waals surface area contributed by atoms with Crippen LogP contribution >= 0.6 is 0 Å². The summed E-state index contributed by atoms with van der Waals surface area (Å²) in [5.41, 5.74) is 2.56. The maximum atomic E-state index is 14.0. The van der Waals surface area contributed by atoms with E-state index in [-0.39, 0.29) is 17.6 Å². The van der Waals surface area contributed by atoms with E-state index in [9.17, 15) is 9.18 Å². The molecule has 32 heavy (non-hydrogen) atoms. The molecular formula is C23H26FN7O. The summed E-state index contributed by atoms with van der Waals surface area (Å²) in [4.78, 5) is 27.7. The van der Waals surface area contributed by atoms with Crippen molar-refractivity contribution < 1.29 is 9.18 Å². The standard InChI is InChI=1S/C23H26FN7O/c1-16-11-17(2)31(27-16)22-12-21(25-15-26-22)30-13-18(14-30)23(32)29-9-7-28(8-10-29)20-6-4-3-5-19(20)24/h3-6,11-12,15,18H,7-10,13-14H2,1-2H3. The highest BCUT2D eigenvalue weighted by Gasteiger charge is 2.37. The van der Waals surface area contributed by atoms with Gasteiger partial charge in [0.1, 0.15) is 18.0 Å². The molecule has 166 valence electrons. The molecule has 0 bridgehead atoms. The highest BCUT2D eigenvalue weighted by atomic mass is 19.1. The molecule has 2 aromatic heterocycles. The van der Waals surface area contributed by atoms with Gasteiger partial charge >= 0.3 is 0 Å². The minimum absolute atomic E-state index is 0.0397. The van der Waals surface area contributed by atoms with Crippen molar-refractivity contribution in [3.8, 4) is 5.82 Å². The number of rotatable bonds is 4. The Morgan fingerprint density at radius 1 is 0.969 bits per heavy atom. The van der Waals surface area contributed by atoms with Crippen molar-refractivity contribution in [2.75, 3.05) is 49.1 Å². The van der Waals surface area contributed by atoms with Gasteiger partial charge in [0, 0.05) is 51.0 Å². The van der Waals surface area contributed by atoms with Crippen LogP contribution in [0.3, 0.4) is 0 Å². The summed E-state index contributed by atoms with van der Waals surface area (Å²) < 4.78 is 15.8. The zero-order valence-electron chi connectivity index (χ0n) is 18.3. The number of halogens is 1. The predicted molar refractivity (Wildman–Crippen MR) is 120 cm³/mol. The molecule has 2 saturated heterocycles. The number of amides is 1. The van der Waals surface area contributed by atoms with Gasteiger partial charge in [-0.05, 0) is 32.0 Å². The van der Waals surface area contributed by atoms with E-state index < -0.39 is 0 Å². The molecule has 0 aliphatic carbocycles. The fourth-order valence-corrected chi connectivity index (χ4v) is 4.44. The van der Waals surface area contributed by atoms with Crippen molar-refractivity contribution in [2.24, 2.45) is 5.92 Å². The van der Waals surface area contributed by atoms with Gasteiger partial charge in [-0.2, -0.15) is 5.10 Å². The maximum Gasteiger partial charge on any atom is 0.229 e. The van der Waals surface area contributed by atoms with E-state index in [1.807, 2.05) is 41.8 Å². The van der Waals surface area contributed by atoms with Crippen molar-refractivity contribution in [2.45, 2.75) is 13.8 Å². The summed E-state index contributed by atoms with van der Waals surface area (Å²) in [6.45, 7) is 7.72. The molecular weight excluding hydrogens is 409 g/mol. The predicted octanol–water partition coefficient (Wildman–Crippen LogP) is 2.20. The van der Waals surface area contributed by atoms with Crippen LogP contribution in [0.5, 0.6) is 0 Å². The zero-order chi connectivity index (χ0) is 22.2. The van der Waals surface area contributed by atoms with Crippen LogP contribution in [0.25, 0.3) is 5.82 Å². The van der Waals surface area contributed by atoms with Crippen molar-refractivity contribution >= 4 is 17.4 Å². The number of aryl methyl sites for hydroxylation is 2. The largest absolute Gasteiger partial charge is 0.366 e. The molecule has 4 heterocycles. The molecule has 1 aromatic carbocycles. The number of para-hydroxylation sites is 1. The monoisotopic (exact) mass is 435 g/mol. The summed E-state index contributed by atoms with van der Waals surface area (Å²) in [5.74, 6) is 1.44. The van der Waals surface area contributed by atoms with Gasteiger partial charge in [0.2, 0.25) is 5.91 Å². The molecule has 8 nitrogen and oxygen atoms in total. The number of hydrogen-bond acceptors (Lipinski definition) is 6. The lowest BCUT2D eigenvalue weighted by Crippen LogP contribution is -2.58. The van der Waals surface area contributed by atoms with Crippen LogP contribution in [0.15, 0.2) is 42.7 Å². The first-order valence-electron chi connectivity index (χ1n) is 10.9. The van der Waals surface area contributed by atoms with Crippen molar-refractivity contribution in [3.63, 3.8) is 0 Å². The second-order valence-electron chi connectivity index (χ2n) is 8.44. The number of hydrogen-bond donors (Lipinski definition) is 0. The minimum Gasteiger partial charge on any atom is -0.366 e. The van der Waals surface area contributed by atoms with Crippen LogP contribution in [0.2, 0.25) is 0 Å². The van der Waals surface area contributed by atoms with Gasteiger partial charge in [0.05, 0.1) is 17.3 Å². The molecule has 3 aromatic rings. The number of carbonyl (C=O) groups is 1. The lowest BCUT2D eigenvalue weighted by Gasteiger charge is -2.43. The smallest absolute Gasteiger partial charge is 0.229 e. The normalized spacial score (nSPS) is 16.9. The average molecular weight is 436 g/mol. The molecule has 2 aliphatic heterocycles. The Kier molecular flexibility index (Phi) is 5.24. The molecule has 0 radical (unpaired) electrons. The third-order valence-corrected chi connectivity index (χ3v) is 6.20. The van der Waals surface area contributed by atoms with Crippen LogP contribution in [-0.4, -0.2) is 69.8 Å². The van der Waals surface area contributed by atoms with Crippen LogP contribution in [-0.2, 0) is 4.79 Å². The molecule has 0 unspecified atom stereocenters. The average Bonchev–Trinajstić information content (AvgIpc) is 3.11. The molecule has 0 saturated carbocycles. The lowest BCUT2D eigenvalue weighted by atomic mass is 9.98. The van der Waals surface area contributed by atoms with Crippen LogP contribution < -0.4 is 9.80 Å². The van der Waals surface area contributed by atoms with Crippen LogP contribution in [0.1, 0.15) is 11.4 Å². The Bertz CT molecular complexity index is 1130. The number of nitrogens with zero attached hydrogens (tertiary/aromatic N) is 7. The summed E-state index contributed by atoms with van der Waals surface area (Å²) >= 11 is 0.